The van der Waals surface area contributed by atoms with Gasteiger partial charge < -0.3 is 0 Å². The van der Waals surface area contributed by atoms with Crippen molar-refractivity contribution in [3.63, 3.8) is 0 Å². The number of halogens is 8. The van der Waals surface area contributed by atoms with Gasteiger partial charge in [-0.1, -0.05) is 94.9 Å². The predicted octanol–water partition coefficient (Wildman–Crippen LogP) is 8.68. The number of fused-ring (bicyclic) bond motifs is 1. The number of rotatable bonds is 1. The van der Waals surface area contributed by atoms with Crippen LogP contribution >= 0.6 is 46.4 Å². The second-order valence-electron chi connectivity index (χ2n) is 16.4. The van der Waals surface area contributed by atoms with Gasteiger partial charge >= 0.3 is 23.3 Å². The zero-order valence-corrected chi connectivity index (χ0v) is 49.3. The normalized spacial score (nSPS) is 9.85. The number of carbonyl (C=O) groups is 2. The summed E-state index contributed by atoms with van der Waals surface area (Å²) in [6.07, 6.45) is 8.23. The van der Waals surface area contributed by atoms with Gasteiger partial charge in [0.05, 0.1) is 15.7 Å². The van der Waals surface area contributed by atoms with E-state index in [0.717, 1.165) is 22.9 Å². The van der Waals surface area contributed by atoms with Crippen LogP contribution in [0.15, 0.2) is 141 Å². The third-order valence-electron chi connectivity index (χ3n) is 11.0. The van der Waals surface area contributed by atoms with E-state index >= 15 is 0 Å². The Morgan fingerprint density at radius 2 is 0.674 bits per heavy atom. The largest absolute Gasteiger partial charge is 0.548 e. The van der Waals surface area contributed by atoms with Gasteiger partial charge in [-0.2, -0.15) is 80.9 Å². The number of nitrogens with zero attached hydrogens (tertiary/aromatic N) is 18. The highest BCUT2D eigenvalue weighted by Crippen LogP contribution is 2.32. The predicted molar refractivity (Wildman–Crippen MR) is 321 cm³/mol. The molecule has 0 bridgehead atoms. The first-order valence-corrected chi connectivity index (χ1v) is 25.3. The number of aryl methyl sites for hydroxylation is 2. The Kier molecular flexibility index (Phi) is 29.5. The lowest BCUT2D eigenvalue weighted by molar-refractivity contribution is -0.671. The number of benzene rings is 4. The van der Waals surface area contributed by atoms with E-state index in [1.165, 1.54) is 23.3 Å². The fourth-order valence-electron chi connectivity index (χ4n) is 6.50. The second-order valence-corrected chi connectivity index (χ2v) is 17.9. The van der Waals surface area contributed by atoms with Gasteiger partial charge in [-0.05, 0) is 34.0 Å². The minimum atomic E-state index is -2.01. The lowest BCUT2D eigenvalue weighted by atomic mass is 10.1. The van der Waals surface area contributed by atoms with Crippen molar-refractivity contribution >= 4 is 103 Å². The molecule has 6 aromatic rings. The van der Waals surface area contributed by atoms with Crippen LogP contribution in [0.5, 0.6) is 0 Å². The number of ketones is 2. The molecule has 0 N–H and O–H groups in total. The van der Waals surface area contributed by atoms with E-state index < -0.39 is 88.2 Å². The Labute approximate surface area is 539 Å². The van der Waals surface area contributed by atoms with Gasteiger partial charge in [0.1, 0.15) is 157 Å². The van der Waals surface area contributed by atoms with Crippen LogP contribution in [0.3, 0.4) is 0 Å². The third kappa shape index (κ3) is 19.0. The van der Waals surface area contributed by atoms with Gasteiger partial charge in [-0.3, -0.25) is 9.59 Å². The molecule has 1 aliphatic carbocycles. The van der Waals surface area contributed by atoms with Crippen LogP contribution in [0.1, 0.15) is 0 Å². The first-order valence-electron chi connectivity index (χ1n) is 23.7. The van der Waals surface area contributed by atoms with Crippen molar-refractivity contribution in [3.8, 4) is 59.7 Å². The van der Waals surface area contributed by atoms with Crippen molar-refractivity contribution < 1.29 is 36.3 Å². The Bertz CT molecular complexity index is 4810. The number of pyridine rings is 2. The van der Waals surface area contributed by atoms with E-state index in [4.69, 9.17) is 141 Å². The number of allylic oxidation sites excluding steroid dienone is 5. The molecule has 0 spiro atoms. The lowest BCUT2D eigenvalue weighted by Crippen LogP contribution is -2.30. The maximum absolute atomic E-state index is 13.6. The lowest BCUT2D eigenvalue weighted by Gasteiger charge is -2.08. The van der Waals surface area contributed by atoms with E-state index in [1.54, 1.807) is 72.8 Å². The van der Waals surface area contributed by atoms with E-state index in [-0.39, 0.29) is 22.8 Å². The monoisotopic (exact) mass is 1290 g/mol. The summed E-state index contributed by atoms with van der Waals surface area (Å²) >= 11 is 21.5. The summed E-state index contributed by atoms with van der Waals surface area (Å²) in [4.78, 5) is 44.7. The van der Waals surface area contributed by atoms with Gasteiger partial charge in [-0.25, -0.2) is 26.7 Å². The number of carbonyl (C=O) groups excluding carboxylic acids is 2. The minimum absolute atomic E-state index is 0.0127. The molecule has 0 aliphatic heterocycles. The smallest absolute Gasteiger partial charge is 0.286 e. The highest BCUT2D eigenvalue weighted by molar-refractivity contribution is 6.69. The second kappa shape index (κ2) is 36.7. The first-order chi connectivity index (χ1) is 43.9. The zero-order chi connectivity index (χ0) is 69.4. The third-order valence-corrected chi connectivity index (χ3v) is 12.6. The van der Waals surface area contributed by atoms with Crippen LogP contribution in [0.2, 0.25) is 0 Å². The van der Waals surface area contributed by atoms with Crippen LogP contribution in [0.25, 0.3) is 94.8 Å². The molecule has 0 unspecified atom stereocenters. The molecule has 436 valence electrons. The molecule has 28 heteroatoms. The number of Topliss-reactive ketones (excluding diaryl/α,β-unsaturated/α-hetero) is 2. The van der Waals surface area contributed by atoms with Crippen LogP contribution in [0.4, 0.5) is 17.6 Å². The van der Waals surface area contributed by atoms with Crippen molar-refractivity contribution in [1.82, 2.24) is 0 Å². The molecule has 0 fully saturated rings. The Morgan fingerprint density at radius 1 is 0.380 bits per heavy atom. The van der Waals surface area contributed by atoms with Crippen molar-refractivity contribution in [1.29, 1.82) is 42.1 Å². The minimum Gasteiger partial charge on any atom is -0.286 e. The highest BCUT2D eigenvalue weighted by atomic mass is 35.5. The molecule has 0 amide bonds. The summed E-state index contributed by atoms with van der Waals surface area (Å²) in [5, 5.41) is 67.6. The molecule has 0 radical (unpaired) electrons. The SMILES string of the molecule is C[n+]1ccc(-c2cc[n+](C)cc2)cc1.O=C1C(Cl)=C(Cl)C(=O)C(Cl)=C1Cl.[C-]#[N+]C([N+]#[C-])=C(C#N)C#N.[C-]#[N+]C([N+]#[C-])=c1c(F)c(F)c(=C(C#N)C#N)c(F)c1F.[C-]#[N+]C([N+]#[C-])=c1ccc(=C(C#N)C#N)cc1.[C-]#[N+]C([N+]#[C-])=c1ccc2cc(=C(C#N)C#N)ccc2c1. The van der Waals surface area contributed by atoms with Crippen LogP contribution < -0.4 is 40.4 Å². The summed E-state index contributed by atoms with van der Waals surface area (Å²) in [5.74, 6) is -11.2. The molecule has 0 saturated heterocycles. The summed E-state index contributed by atoms with van der Waals surface area (Å²) < 4.78 is 58.6. The molecule has 20 nitrogen and oxygen atoms in total. The summed E-state index contributed by atoms with van der Waals surface area (Å²) in [7, 11) is 4.05. The molecule has 1 aliphatic rings. The fourth-order valence-corrected chi connectivity index (χ4v) is 7.32. The number of nitriles is 8. The summed E-state index contributed by atoms with van der Waals surface area (Å²) in [5.41, 5.74) is 0.984. The van der Waals surface area contributed by atoms with Gasteiger partial charge in [0, 0.05) is 34.7 Å². The maximum atomic E-state index is 13.6. The Hall–Kier alpha value is -14.1. The quantitative estimate of drug-likeness (QED) is 0.0377. The molecular formula is C64H24Cl4F4N18O2+2. The first kappa shape index (κ1) is 74.0. The van der Waals surface area contributed by atoms with Crippen LogP contribution in [-0.4, -0.2) is 11.6 Å². The van der Waals surface area contributed by atoms with E-state index in [2.05, 4.69) is 87.8 Å². The zero-order valence-electron chi connectivity index (χ0n) is 46.3. The fraction of sp³-hybridized carbons (Fsp3) is 0.0312. The van der Waals surface area contributed by atoms with Gasteiger partial charge in [-0.15, -0.1) is 0 Å². The van der Waals surface area contributed by atoms with Gasteiger partial charge in [0.15, 0.2) is 48.1 Å². The topological polar surface area (TPSA) is 267 Å². The van der Waals surface area contributed by atoms with Crippen molar-refractivity contribution in [2.45, 2.75) is 0 Å². The molecule has 0 atom stereocenters. The van der Waals surface area contributed by atoms with E-state index in [9.17, 15) is 27.2 Å². The highest BCUT2D eigenvalue weighted by Gasteiger charge is 2.31. The van der Waals surface area contributed by atoms with Crippen LogP contribution in [0, 0.1) is 166 Å². The Morgan fingerprint density at radius 3 is 0.989 bits per heavy atom. The van der Waals surface area contributed by atoms with E-state index in [0.29, 0.717) is 20.9 Å². The molecule has 0 saturated carbocycles. The van der Waals surface area contributed by atoms with Crippen LogP contribution in [-0.2, 0) is 23.7 Å². The van der Waals surface area contributed by atoms with Crippen molar-refractivity contribution in [2.75, 3.05) is 0 Å². The average Bonchev–Trinajstić information content (AvgIpc) is 0.814. The van der Waals surface area contributed by atoms with Gasteiger partial charge in [0.25, 0.3) is 0 Å². The molecule has 7 rings (SSSR count). The maximum Gasteiger partial charge on any atom is 0.548 e. The number of hydrogen-bond donors (Lipinski definition) is 0. The van der Waals surface area contributed by atoms with Gasteiger partial charge in [0.2, 0.25) is 17.1 Å². The molecule has 4 aromatic carbocycles. The van der Waals surface area contributed by atoms with E-state index in [1.807, 2.05) is 35.4 Å². The molecule has 2 heterocycles. The molecular weight excluding hydrogens is 1270 g/mol. The Balaban J connectivity index is 0.000000382. The molecule has 92 heavy (non-hydrogen) atoms. The molecule has 2 aromatic heterocycles. The summed E-state index contributed by atoms with van der Waals surface area (Å²) in [6.45, 7) is 53.2. The van der Waals surface area contributed by atoms with Crippen molar-refractivity contribution in [2.24, 2.45) is 14.1 Å². The number of hydrogen-bond acceptors (Lipinski definition) is 10. The standard InChI is InChI=1S/C16H6N4.C12F4N4.C12H4N4.C12H14N2.C6Cl4O2.C6N4/c1-19-16(20-2)14-6-5-11-7-13(15(9-17)10-18)4-3-12(11)8-14;1-19-12(20-2)7-10(15)8(13)6(5(3-17)4-18)9(14)11(7)16;1-15-12(16-2)10-5-3-9(4-6-10)11(7-13)8-14;1-13-7-3-11(4-8-13)12-5-9-14(2)10-6-12;7-1-2(8)6(12)4(10)3(9)5(1)11;1-9-6(10-2)5(3-7)4-8/h3-8H;;3-6H;3-10H,1-2H3;;/q;;;+2;;. The van der Waals surface area contributed by atoms with Crippen molar-refractivity contribution in [3.05, 3.63) is 287 Å². The summed E-state index contributed by atoms with van der Waals surface area (Å²) in [6, 6.07) is 37.4. The average molecular weight is 1290 g/mol. The number of aromatic nitrogens is 2.